The summed E-state index contributed by atoms with van der Waals surface area (Å²) in [5, 5.41) is 12.0. The molecule has 0 saturated carbocycles. The van der Waals surface area contributed by atoms with Crippen molar-refractivity contribution in [1.29, 1.82) is 0 Å². The first kappa shape index (κ1) is 12.8. The molecule has 2 N–H and O–H groups in total. The predicted octanol–water partition coefficient (Wildman–Crippen LogP) is 2.05. The van der Waals surface area contributed by atoms with Gasteiger partial charge < -0.3 is 15.2 Å². The Labute approximate surface area is 96.7 Å². The van der Waals surface area contributed by atoms with Gasteiger partial charge in [0.25, 0.3) is 0 Å². The molecule has 0 aliphatic heterocycles. The number of nitrogens with one attached hydrogen (secondary N) is 1. The zero-order valence-electron chi connectivity index (χ0n) is 9.94. The Balaban J connectivity index is 2.44. The molecular formula is C12H20N2O2. The summed E-state index contributed by atoms with van der Waals surface area (Å²) in [6.45, 7) is 4.61. The van der Waals surface area contributed by atoms with Gasteiger partial charge in [0.15, 0.2) is 0 Å². The maximum absolute atomic E-state index is 8.60. The van der Waals surface area contributed by atoms with Gasteiger partial charge in [0.05, 0.1) is 18.5 Å². The van der Waals surface area contributed by atoms with E-state index in [0.29, 0.717) is 11.9 Å². The van der Waals surface area contributed by atoms with Crippen molar-refractivity contribution in [2.24, 2.45) is 0 Å². The molecule has 16 heavy (non-hydrogen) atoms. The number of pyridine rings is 1. The summed E-state index contributed by atoms with van der Waals surface area (Å²) in [6.07, 6.45) is 4.06. The first-order chi connectivity index (χ1) is 7.76. The number of rotatable bonds is 7. The molecule has 0 fully saturated rings. The highest BCUT2D eigenvalue weighted by Gasteiger charge is 2.01. The van der Waals surface area contributed by atoms with E-state index in [9.17, 15) is 0 Å². The van der Waals surface area contributed by atoms with Crippen molar-refractivity contribution < 1.29 is 9.84 Å². The van der Waals surface area contributed by atoms with Crippen LogP contribution in [0, 0.1) is 0 Å². The van der Waals surface area contributed by atoms with Gasteiger partial charge in [-0.3, -0.25) is 0 Å². The summed E-state index contributed by atoms with van der Waals surface area (Å²) < 4.78 is 5.17. The zero-order valence-corrected chi connectivity index (χ0v) is 9.94. The molecule has 0 saturated heterocycles. The van der Waals surface area contributed by atoms with Gasteiger partial charge in [0.1, 0.15) is 6.61 Å². The molecule has 1 unspecified atom stereocenters. The van der Waals surface area contributed by atoms with Crippen molar-refractivity contribution in [3.63, 3.8) is 0 Å². The second-order valence-corrected chi connectivity index (χ2v) is 3.79. The summed E-state index contributed by atoms with van der Waals surface area (Å²) in [7, 11) is 0. The average Bonchev–Trinajstić information content (AvgIpc) is 2.28. The summed E-state index contributed by atoms with van der Waals surface area (Å²) in [6, 6.07) is 4.19. The van der Waals surface area contributed by atoms with Crippen LogP contribution in [-0.4, -0.2) is 29.3 Å². The quantitative estimate of drug-likeness (QED) is 0.744. The van der Waals surface area contributed by atoms with E-state index in [4.69, 9.17) is 9.84 Å². The number of nitrogens with zero attached hydrogens (tertiary/aromatic N) is 1. The lowest BCUT2D eigenvalue weighted by Gasteiger charge is -2.14. The lowest BCUT2D eigenvalue weighted by Crippen LogP contribution is -2.14. The lowest BCUT2D eigenvalue weighted by molar-refractivity contribution is 0.196. The summed E-state index contributed by atoms with van der Waals surface area (Å²) in [4.78, 5) is 4.13. The van der Waals surface area contributed by atoms with E-state index in [2.05, 4.69) is 24.1 Å². The van der Waals surface area contributed by atoms with Crippen LogP contribution < -0.4 is 10.1 Å². The molecule has 1 atom stereocenters. The number of hydrogen-bond donors (Lipinski definition) is 2. The third kappa shape index (κ3) is 4.49. The van der Waals surface area contributed by atoms with Crippen molar-refractivity contribution >= 4 is 5.69 Å². The van der Waals surface area contributed by atoms with Gasteiger partial charge in [-0.1, -0.05) is 13.3 Å². The van der Waals surface area contributed by atoms with E-state index in [1.165, 1.54) is 6.42 Å². The molecule has 1 heterocycles. The largest absolute Gasteiger partial charge is 0.475 e. The smallest absolute Gasteiger partial charge is 0.213 e. The predicted molar refractivity (Wildman–Crippen MR) is 64.8 cm³/mol. The molecule has 90 valence electrons. The minimum atomic E-state index is 0.00914. The van der Waals surface area contributed by atoms with Crippen LogP contribution in [0.4, 0.5) is 5.69 Å². The minimum Gasteiger partial charge on any atom is -0.475 e. The van der Waals surface area contributed by atoms with Gasteiger partial charge in [-0.15, -0.1) is 0 Å². The number of aliphatic hydroxyl groups excluding tert-OH is 1. The summed E-state index contributed by atoms with van der Waals surface area (Å²) in [5.74, 6) is 0.544. The minimum absolute atomic E-state index is 0.00914. The zero-order chi connectivity index (χ0) is 11.8. The van der Waals surface area contributed by atoms with E-state index in [-0.39, 0.29) is 13.2 Å². The van der Waals surface area contributed by atoms with Crippen molar-refractivity contribution in [2.75, 3.05) is 18.5 Å². The molecule has 1 aromatic rings. The number of aromatic nitrogens is 1. The molecule has 4 heteroatoms. The molecule has 1 rings (SSSR count). The molecular weight excluding hydrogens is 204 g/mol. The molecule has 0 aliphatic rings. The van der Waals surface area contributed by atoms with Gasteiger partial charge in [-0.2, -0.15) is 0 Å². The highest BCUT2D eigenvalue weighted by atomic mass is 16.5. The van der Waals surface area contributed by atoms with Gasteiger partial charge >= 0.3 is 0 Å². The molecule has 4 nitrogen and oxygen atoms in total. The van der Waals surface area contributed by atoms with Crippen molar-refractivity contribution in [3.8, 4) is 5.88 Å². The van der Waals surface area contributed by atoms with Crippen LogP contribution in [0.1, 0.15) is 26.7 Å². The average molecular weight is 224 g/mol. The van der Waals surface area contributed by atoms with Crippen LogP contribution in [0.25, 0.3) is 0 Å². The summed E-state index contributed by atoms with van der Waals surface area (Å²) >= 11 is 0. The number of hydrogen-bond acceptors (Lipinski definition) is 4. The third-order valence-electron chi connectivity index (χ3n) is 2.21. The fraction of sp³-hybridized carbons (Fsp3) is 0.583. The Morgan fingerprint density at radius 1 is 1.50 bits per heavy atom. The maximum Gasteiger partial charge on any atom is 0.213 e. The first-order valence-electron chi connectivity index (χ1n) is 5.72. The molecule has 0 bridgehead atoms. The Morgan fingerprint density at radius 3 is 2.88 bits per heavy atom. The van der Waals surface area contributed by atoms with Crippen LogP contribution in [0.3, 0.4) is 0 Å². The molecule has 1 aromatic heterocycles. The fourth-order valence-corrected chi connectivity index (χ4v) is 1.49. The van der Waals surface area contributed by atoms with Crippen LogP contribution in [0.5, 0.6) is 5.88 Å². The van der Waals surface area contributed by atoms with E-state index >= 15 is 0 Å². The highest BCUT2D eigenvalue weighted by molar-refractivity contribution is 5.42. The first-order valence-corrected chi connectivity index (χ1v) is 5.72. The van der Waals surface area contributed by atoms with Crippen LogP contribution in [-0.2, 0) is 0 Å². The van der Waals surface area contributed by atoms with Crippen molar-refractivity contribution in [2.45, 2.75) is 32.7 Å². The van der Waals surface area contributed by atoms with Gasteiger partial charge in [0.2, 0.25) is 5.88 Å². The third-order valence-corrected chi connectivity index (χ3v) is 2.21. The number of anilines is 1. The van der Waals surface area contributed by atoms with Gasteiger partial charge in [-0.25, -0.2) is 4.98 Å². The Bertz CT molecular complexity index is 288. The Kier molecular flexibility index (Phi) is 5.64. The second kappa shape index (κ2) is 7.06. The Morgan fingerprint density at radius 2 is 2.31 bits per heavy atom. The number of ether oxygens (including phenoxy) is 1. The standard InChI is InChI=1S/C12H20N2O2/c1-3-4-10(2)14-11-5-6-12(13-9-11)16-8-7-15/h5-6,9-10,14-15H,3-4,7-8H2,1-2H3. The van der Waals surface area contributed by atoms with Gasteiger partial charge in [-0.05, 0) is 19.4 Å². The van der Waals surface area contributed by atoms with E-state index in [1.54, 1.807) is 12.3 Å². The molecule has 0 aromatic carbocycles. The van der Waals surface area contributed by atoms with Crippen LogP contribution >= 0.6 is 0 Å². The monoisotopic (exact) mass is 224 g/mol. The summed E-state index contributed by atoms with van der Waals surface area (Å²) in [5.41, 5.74) is 0.997. The molecule has 0 radical (unpaired) electrons. The van der Waals surface area contributed by atoms with E-state index in [0.717, 1.165) is 12.1 Å². The maximum atomic E-state index is 8.60. The molecule has 0 amide bonds. The topological polar surface area (TPSA) is 54.4 Å². The second-order valence-electron chi connectivity index (χ2n) is 3.79. The van der Waals surface area contributed by atoms with Crippen LogP contribution in [0.15, 0.2) is 18.3 Å². The normalized spacial score (nSPS) is 12.2. The lowest BCUT2D eigenvalue weighted by atomic mass is 10.2. The van der Waals surface area contributed by atoms with Crippen LogP contribution in [0.2, 0.25) is 0 Å². The molecule has 0 aliphatic carbocycles. The van der Waals surface area contributed by atoms with Gasteiger partial charge in [0, 0.05) is 12.1 Å². The van der Waals surface area contributed by atoms with Crippen molar-refractivity contribution in [3.05, 3.63) is 18.3 Å². The SMILES string of the molecule is CCCC(C)Nc1ccc(OCCO)nc1. The molecule has 0 spiro atoms. The Hall–Kier alpha value is -1.29. The fourth-order valence-electron chi connectivity index (χ4n) is 1.49. The van der Waals surface area contributed by atoms with E-state index in [1.807, 2.05) is 6.07 Å². The highest BCUT2D eigenvalue weighted by Crippen LogP contribution is 2.13. The number of aliphatic hydroxyl groups is 1. The van der Waals surface area contributed by atoms with Crippen molar-refractivity contribution in [1.82, 2.24) is 4.98 Å². The van der Waals surface area contributed by atoms with E-state index < -0.39 is 0 Å².